The van der Waals surface area contributed by atoms with Crippen LogP contribution in [-0.4, -0.2) is 50.9 Å². The predicted octanol–water partition coefficient (Wildman–Crippen LogP) is -0.177. The van der Waals surface area contributed by atoms with Gasteiger partial charge in [0.15, 0.2) is 0 Å². The Labute approximate surface area is 86.0 Å². The van der Waals surface area contributed by atoms with Crippen molar-refractivity contribution >= 4 is 0 Å². The molecule has 0 aromatic heterocycles. The third-order valence-corrected chi connectivity index (χ3v) is 3.07. The summed E-state index contributed by atoms with van der Waals surface area (Å²) in [5.74, 6) is 0.860. The summed E-state index contributed by atoms with van der Waals surface area (Å²) in [5, 5.41) is 5.69. The number of piperidine rings is 1. The largest absolute Gasteiger partial charge is 0.379 e. The molecule has 4 heteroatoms. The standard InChI is InChI=1S/C10H21N3O/c1-3-11-4-2-10(1)9-12-13-5-7-14-8-6-13/h10-12H,1-9H2. The van der Waals surface area contributed by atoms with E-state index in [1.54, 1.807) is 0 Å². The highest BCUT2D eigenvalue weighted by Gasteiger charge is 2.15. The Morgan fingerprint density at radius 2 is 1.93 bits per heavy atom. The molecule has 0 unspecified atom stereocenters. The van der Waals surface area contributed by atoms with Crippen LogP contribution in [0.3, 0.4) is 0 Å². The van der Waals surface area contributed by atoms with Crippen molar-refractivity contribution < 1.29 is 4.74 Å². The summed E-state index contributed by atoms with van der Waals surface area (Å²) < 4.78 is 5.30. The van der Waals surface area contributed by atoms with Crippen molar-refractivity contribution in [1.29, 1.82) is 0 Å². The van der Waals surface area contributed by atoms with E-state index in [1.165, 1.54) is 25.9 Å². The van der Waals surface area contributed by atoms with Crippen molar-refractivity contribution in [2.45, 2.75) is 12.8 Å². The molecule has 2 heterocycles. The zero-order chi connectivity index (χ0) is 9.64. The molecule has 0 saturated carbocycles. The van der Waals surface area contributed by atoms with Crippen molar-refractivity contribution in [3.05, 3.63) is 0 Å². The number of ether oxygens (including phenoxy) is 1. The first-order chi connectivity index (χ1) is 6.95. The van der Waals surface area contributed by atoms with Crippen LogP contribution in [0.2, 0.25) is 0 Å². The lowest BCUT2D eigenvalue weighted by Gasteiger charge is -2.30. The van der Waals surface area contributed by atoms with Crippen LogP contribution >= 0.6 is 0 Å². The Morgan fingerprint density at radius 3 is 2.64 bits per heavy atom. The van der Waals surface area contributed by atoms with Gasteiger partial charge in [0.25, 0.3) is 0 Å². The SMILES string of the molecule is C1CC(CNN2CCOCC2)CCN1. The zero-order valence-corrected chi connectivity index (χ0v) is 8.80. The van der Waals surface area contributed by atoms with Crippen LogP contribution in [-0.2, 0) is 4.74 Å². The lowest BCUT2D eigenvalue weighted by molar-refractivity contribution is 0.00850. The van der Waals surface area contributed by atoms with E-state index in [9.17, 15) is 0 Å². The summed E-state index contributed by atoms with van der Waals surface area (Å²) in [7, 11) is 0. The Morgan fingerprint density at radius 1 is 1.21 bits per heavy atom. The first-order valence-corrected chi connectivity index (χ1v) is 5.72. The van der Waals surface area contributed by atoms with Gasteiger partial charge in [-0.25, -0.2) is 5.01 Å². The summed E-state index contributed by atoms with van der Waals surface area (Å²) >= 11 is 0. The van der Waals surface area contributed by atoms with Gasteiger partial charge in [-0.05, 0) is 31.8 Å². The van der Waals surface area contributed by atoms with Gasteiger partial charge in [-0.2, -0.15) is 0 Å². The number of rotatable bonds is 3. The van der Waals surface area contributed by atoms with Crippen LogP contribution in [0, 0.1) is 5.92 Å². The fraction of sp³-hybridized carbons (Fsp3) is 1.00. The predicted molar refractivity (Wildman–Crippen MR) is 56.0 cm³/mol. The number of hydrogen-bond acceptors (Lipinski definition) is 4. The molecule has 2 N–H and O–H groups in total. The number of nitrogens with one attached hydrogen (secondary N) is 2. The van der Waals surface area contributed by atoms with E-state index in [1.807, 2.05) is 0 Å². The Hall–Kier alpha value is -0.160. The molecule has 14 heavy (non-hydrogen) atoms. The van der Waals surface area contributed by atoms with Crippen molar-refractivity contribution in [2.75, 3.05) is 45.9 Å². The minimum absolute atomic E-state index is 0.860. The Balaban J connectivity index is 1.60. The average molecular weight is 199 g/mol. The summed E-state index contributed by atoms with van der Waals surface area (Å²) in [6.45, 7) is 7.33. The maximum absolute atomic E-state index is 5.30. The van der Waals surface area contributed by atoms with Gasteiger partial charge in [-0.1, -0.05) is 0 Å². The maximum atomic E-state index is 5.30. The van der Waals surface area contributed by atoms with Crippen LogP contribution < -0.4 is 10.7 Å². The molecule has 0 aliphatic carbocycles. The summed E-state index contributed by atoms with van der Waals surface area (Å²) in [6, 6.07) is 0. The van der Waals surface area contributed by atoms with E-state index in [0.717, 1.165) is 38.8 Å². The zero-order valence-electron chi connectivity index (χ0n) is 8.80. The van der Waals surface area contributed by atoms with Gasteiger partial charge in [0.2, 0.25) is 0 Å². The third-order valence-electron chi connectivity index (χ3n) is 3.07. The van der Waals surface area contributed by atoms with E-state index in [4.69, 9.17) is 4.74 Å². The third kappa shape index (κ3) is 3.20. The second-order valence-electron chi connectivity index (χ2n) is 4.16. The van der Waals surface area contributed by atoms with E-state index < -0.39 is 0 Å². The highest BCUT2D eigenvalue weighted by Crippen LogP contribution is 2.10. The molecule has 0 atom stereocenters. The average Bonchev–Trinajstić information content (AvgIpc) is 2.29. The molecule has 82 valence electrons. The topological polar surface area (TPSA) is 36.5 Å². The van der Waals surface area contributed by atoms with Gasteiger partial charge in [-0.3, -0.25) is 5.43 Å². The number of hydrogen-bond donors (Lipinski definition) is 2. The van der Waals surface area contributed by atoms with E-state index in [0.29, 0.717) is 0 Å². The van der Waals surface area contributed by atoms with E-state index in [-0.39, 0.29) is 0 Å². The van der Waals surface area contributed by atoms with Gasteiger partial charge >= 0.3 is 0 Å². The lowest BCUT2D eigenvalue weighted by atomic mass is 9.99. The quantitative estimate of drug-likeness (QED) is 0.661. The molecular weight excluding hydrogens is 178 g/mol. The highest BCUT2D eigenvalue weighted by atomic mass is 16.5. The van der Waals surface area contributed by atoms with Gasteiger partial charge in [-0.15, -0.1) is 0 Å². The molecule has 0 aromatic rings. The van der Waals surface area contributed by atoms with Crippen molar-refractivity contribution in [3.63, 3.8) is 0 Å². The molecule has 2 saturated heterocycles. The van der Waals surface area contributed by atoms with Crippen molar-refractivity contribution in [3.8, 4) is 0 Å². The van der Waals surface area contributed by atoms with Crippen LogP contribution in [0.25, 0.3) is 0 Å². The monoisotopic (exact) mass is 199 g/mol. The molecule has 0 radical (unpaired) electrons. The summed E-state index contributed by atoms with van der Waals surface area (Å²) in [6.07, 6.45) is 2.63. The first kappa shape index (κ1) is 10.4. The van der Waals surface area contributed by atoms with Crippen LogP contribution in [0.4, 0.5) is 0 Å². The second-order valence-corrected chi connectivity index (χ2v) is 4.16. The van der Waals surface area contributed by atoms with Crippen molar-refractivity contribution in [2.24, 2.45) is 5.92 Å². The lowest BCUT2D eigenvalue weighted by Crippen LogP contribution is -2.48. The Bertz CT molecular complexity index is 135. The summed E-state index contributed by atoms with van der Waals surface area (Å²) in [4.78, 5) is 0. The molecular formula is C10H21N3O. The molecule has 2 aliphatic heterocycles. The van der Waals surface area contributed by atoms with Gasteiger partial charge in [0, 0.05) is 19.6 Å². The highest BCUT2D eigenvalue weighted by molar-refractivity contribution is 4.70. The van der Waals surface area contributed by atoms with E-state index in [2.05, 4.69) is 15.8 Å². The number of hydrazine groups is 1. The van der Waals surface area contributed by atoms with Crippen LogP contribution in [0.15, 0.2) is 0 Å². The molecule has 4 nitrogen and oxygen atoms in total. The number of morpholine rings is 1. The van der Waals surface area contributed by atoms with Crippen LogP contribution in [0.5, 0.6) is 0 Å². The van der Waals surface area contributed by atoms with Gasteiger partial charge < -0.3 is 10.1 Å². The maximum Gasteiger partial charge on any atom is 0.0608 e. The second kappa shape index (κ2) is 5.66. The van der Waals surface area contributed by atoms with Gasteiger partial charge in [0.05, 0.1) is 13.2 Å². The smallest absolute Gasteiger partial charge is 0.0608 e. The molecule has 2 fully saturated rings. The molecule has 0 spiro atoms. The minimum atomic E-state index is 0.860. The van der Waals surface area contributed by atoms with E-state index >= 15 is 0 Å². The molecule has 2 aliphatic rings. The molecule has 0 aromatic carbocycles. The van der Waals surface area contributed by atoms with Crippen molar-refractivity contribution in [1.82, 2.24) is 15.8 Å². The first-order valence-electron chi connectivity index (χ1n) is 5.72. The minimum Gasteiger partial charge on any atom is -0.379 e. The fourth-order valence-corrected chi connectivity index (χ4v) is 2.07. The Kier molecular flexibility index (Phi) is 4.19. The molecule has 0 bridgehead atoms. The van der Waals surface area contributed by atoms with Crippen LogP contribution in [0.1, 0.15) is 12.8 Å². The summed E-state index contributed by atoms with van der Waals surface area (Å²) in [5.41, 5.74) is 3.52. The fourth-order valence-electron chi connectivity index (χ4n) is 2.07. The normalized spacial score (nSPS) is 26.6. The number of nitrogens with zero attached hydrogens (tertiary/aromatic N) is 1. The van der Waals surface area contributed by atoms with Gasteiger partial charge in [0.1, 0.15) is 0 Å². The molecule has 2 rings (SSSR count). The molecule has 0 amide bonds.